The van der Waals surface area contributed by atoms with Crippen molar-refractivity contribution in [1.29, 1.82) is 0 Å². The Kier molecular flexibility index (Phi) is 4.86. The van der Waals surface area contributed by atoms with Crippen LogP contribution in [-0.2, 0) is 0 Å². The van der Waals surface area contributed by atoms with Gasteiger partial charge in [-0.3, -0.25) is 4.79 Å². The third-order valence-corrected chi connectivity index (χ3v) is 3.92. The lowest BCUT2D eigenvalue weighted by Gasteiger charge is -2.16. The lowest BCUT2D eigenvalue weighted by atomic mass is 9.97. The SMILES string of the molecule is CC[C@H](C)c1ccccc1NC(=O)c1cc(N)ccc1Cl. The molecule has 0 aliphatic rings. The highest BCUT2D eigenvalue weighted by Gasteiger charge is 2.14. The molecule has 1 atom stereocenters. The summed E-state index contributed by atoms with van der Waals surface area (Å²) >= 11 is 6.07. The molecule has 0 radical (unpaired) electrons. The average Bonchev–Trinajstić information content (AvgIpc) is 2.49. The molecule has 0 saturated heterocycles. The molecule has 0 heterocycles. The van der Waals surface area contributed by atoms with Gasteiger partial charge in [-0.2, -0.15) is 0 Å². The van der Waals surface area contributed by atoms with Gasteiger partial charge in [0, 0.05) is 11.4 Å². The molecule has 0 aromatic heterocycles. The number of carbonyl (C=O) groups excluding carboxylic acids is 1. The number of nitrogens with one attached hydrogen (secondary N) is 1. The lowest BCUT2D eigenvalue weighted by molar-refractivity contribution is 0.102. The third kappa shape index (κ3) is 3.56. The van der Waals surface area contributed by atoms with Gasteiger partial charge in [0.1, 0.15) is 0 Å². The van der Waals surface area contributed by atoms with Crippen molar-refractivity contribution < 1.29 is 4.79 Å². The maximum absolute atomic E-state index is 12.4. The fraction of sp³-hybridized carbons (Fsp3) is 0.235. The molecule has 3 N–H and O–H groups in total. The van der Waals surface area contributed by atoms with Gasteiger partial charge in [-0.15, -0.1) is 0 Å². The molecule has 2 rings (SSSR count). The van der Waals surface area contributed by atoms with Gasteiger partial charge < -0.3 is 11.1 Å². The van der Waals surface area contributed by atoms with E-state index in [1.807, 2.05) is 24.3 Å². The van der Waals surface area contributed by atoms with Crippen LogP contribution in [0.1, 0.15) is 42.1 Å². The molecule has 2 aromatic rings. The Morgan fingerprint density at radius 1 is 1.29 bits per heavy atom. The van der Waals surface area contributed by atoms with Crippen molar-refractivity contribution >= 4 is 28.9 Å². The van der Waals surface area contributed by atoms with Gasteiger partial charge in [0.15, 0.2) is 0 Å². The molecule has 3 nitrogen and oxygen atoms in total. The van der Waals surface area contributed by atoms with Crippen LogP contribution >= 0.6 is 11.6 Å². The summed E-state index contributed by atoms with van der Waals surface area (Å²) in [5, 5.41) is 3.32. The first kappa shape index (κ1) is 15.4. The zero-order chi connectivity index (χ0) is 15.4. The second-order valence-corrected chi connectivity index (χ2v) is 5.50. The minimum absolute atomic E-state index is 0.247. The Hall–Kier alpha value is -2.00. The van der Waals surface area contributed by atoms with Gasteiger partial charge in [0.05, 0.1) is 10.6 Å². The van der Waals surface area contributed by atoms with Crippen LogP contribution in [0.4, 0.5) is 11.4 Å². The molecule has 0 unspecified atom stereocenters. The van der Waals surface area contributed by atoms with Gasteiger partial charge in [0.25, 0.3) is 5.91 Å². The van der Waals surface area contributed by atoms with Crippen molar-refractivity contribution in [3.63, 3.8) is 0 Å². The molecular formula is C17H19ClN2O. The van der Waals surface area contributed by atoms with Crippen LogP contribution in [0.15, 0.2) is 42.5 Å². The van der Waals surface area contributed by atoms with Crippen molar-refractivity contribution in [2.45, 2.75) is 26.2 Å². The van der Waals surface area contributed by atoms with Crippen LogP contribution in [0.2, 0.25) is 5.02 Å². The number of rotatable bonds is 4. The second-order valence-electron chi connectivity index (χ2n) is 5.09. The Morgan fingerprint density at radius 2 is 2.00 bits per heavy atom. The van der Waals surface area contributed by atoms with E-state index in [-0.39, 0.29) is 5.91 Å². The van der Waals surface area contributed by atoms with Crippen molar-refractivity contribution in [3.8, 4) is 0 Å². The summed E-state index contributed by atoms with van der Waals surface area (Å²) < 4.78 is 0. The van der Waals surface area contributed by atoms with Crippen LogP contribution < -0.4 is 11.1 Å². The van der Waals surface area contributed by atoms with Crippen LogP contribution in [0.25, 0.3) is 0 Å². The van der Waals surface area contributed by atoms with Gasteiger partial charge in [-0.1, -0.05) is 43.6 Å². The van der Waals surface area contributed by atoms with Crippen molar-refractivity contribution in [3.05, 3.63) is 58.6 Å². The molecule has 0 saturated carbocycles. The number of halogens is 1. The summed E-state index contributed by atoms with van der Waals surface area (Å²) in [6, 6.07) is 12.7. The monoisotopic (exact) mass is 302 g/mol. The summed E-state index contributed by atoms with van der Waals surface area (Å²) in [6.07, 6.45) is 1.01. The van der Waals surface area contributed by atoms with Crippen molar-refractivity contribution in [1.82, 2.24) is 0 Å². The van der Waals surface area contributed by atoms with Crippen LogP contribution in [0.3, 0.4) is 0 Å². The normalized spacial score (nSPS) is 12.0. The number of nitrogens with two attached hydrogens (primary N) is 1. The van der Waals surface area contributed by atoms with Crippen molar-refractivity contribution in [2.24, 2.45) is 0 Å². The number of hydrogen-bond acceptors (Lipinski definition) is 2. The summed E-state index contributed by atoms with van der Waals surface area (Å²) in [7, 11) is 0. The van der Waals surface area contributed by atoms with E-state index in [4.69, 9.17) is 17.3 Å². The number of carbonyl (C=O) groups is 1. The minimum atomic E-state index is -0.247. The van der Waals surface area contributed by atoms with E-state index in [1.54, 1.807) is 18.2 Å². The maximum Gasteiger partial charge on any atom is 0.257 e. The van der Waals surface area contributed by atoms with Crippen molar-refractivity contribution in [2.75, 3.05) is 11.1 Å². The Bertz CT molecular complexity index is 655. The van der Waals surface area contributed by atoms with E-state index in [1.165, 1.54) is 0 Å². The molecule has 2 aromatic carbocycles. The number of anilines is 2. The molecule has 4 heteroatoms. The fourth-order valence-electron chi connectivity index (χ4n) is 2.17. The topological polar surface area (TPSA) is 55.1 Å². The van der Waals surface area contributed by atoms with Gasteiger partial charge in [-0.25, -0.2) is 0 Å². The highest BCUT2D eigenvalue weighted by Crippen LogP contribution is 2.28. The van der Waals surface area contributed by atoms with Crippen LogP contribution in [0, 0.1) is 0 Å². The fourth-order valence-corrected chi connectivity index (χ4v) is 2.37. The summed E-state index contributed by atoms with van der Waals surface area (Å²) in [4.78, 5) is 12.4. The van der Waals surface area contributed by atoms with E-state index in [0.29, 0.717) is 22.2 Å². The summed E-state index contributed by atoms with van der Waals surface area (Å²) in [5.41, 5.74) is 8.55. The van der Waals surface area contributed by atoms with Crippen LogP contribution in [0.5, 0.6) is 0 Å². The summed E-state index contributed by atoms with van der Waals surface area (Å²) in [5.74, 6) is 0.126. The van der Waals surface area contributed by atoms with Gasteiger partial charge in [0.2, 0.25) is 0 Å². The van der Waals surface area contributed by atoms with E-state index in [0.717, 1.165) is 17.7 Å². The molecule has 0 fully saturated rings. The largest absolute Gasteiger partial charge is 0.399 e. The van der Waals surface area contributed by atoms with E-state index in [9.17, 15) is 4.79 Å². The third-order valence-electron chi connectivity index (χ3n) is 3.59. The number of para-hydroxylation sites is 1. The number of amides is 1. The quantitative estimate of drug-likeness (QED) is 0.805. The predicted octanol–water partition coefficient (Wildman–Crippen LogP) is 4.69. The second kappa shape index (κ2) is 6.64. The van der Waals surface area contributed by atoms with E-state index in [2.05, 4.69) is 19.2 Å². The highest BCUT2D eigenvalue weighted by atomic mass is 35.5. The minimum Gasteiger partial charge on any atom is -0.399 e. The first-order valence-electron chi connectivity index (χ1n) is 6.98. The standard InChI is InChI=1S/C17H19ClN2O/c1-3-11(2)13-6-4-5-7-16(13)20-17(21)14-10-12(19)8-9-15(14)18/h4-11H,3,19H2,1-2H3,(H,20,21)/t11-/m0/s1. The maximum atomic E-state index is 12.4. The van der Waals surface area contributed by atoms with Gasteiger partial charge in [-0.05, 0) is 42.2 Å². The molecular weight excluding hydrogens is 284 g/mol. The molecule has 0 spiro atoms. The first-order valence-corrected chi connectivity index (χ1v) is 7.36. The smallest absolute Gasteiger partial charge is 0.257 e. The van der Waals surface area contributed by atoms with E-state index < -0.39 is 0 Å². The predicted molar refractivity (Wildman–Crippen MR) is 89.0 cm³/mol. The molecule has 21 heavy (non-hydrogen) atoms. The first-order chi connectivity index (χ1) is 10.0. The lowest BCUT2D eigenvalue weighted by Crippen LogP contribution is -2.14. The Morgan fingerprint density at radius 3 is 2.71 bits per heavy atom. The number of hydrogen-bond donors (Lipinski definition) is 2. The van der Waals surface area contributed by atoms with E-state index >= 15 is 0 Å². The summed E-state index contributed by atoms with van der Waals surface area (Å²) in [6.45, 7) is 4.26. The average molecular weight is 303 g/mol. The Labute approximate surface area is 130 Å². The number of benzene rings is 2. The zero-order valence-electron chi connectivity index (χ0n) is 12.2. The number of nitrogen functional groups attached to an aromatic ring is 1. The molecule has 0 aliphatic heterocycles. The van der Waals surface area contributed by atoms with Gasteiger partial charge >= 0.3 is 0 Å². The van der Waals surface area contributed by atoms with Crippen LogP contribution in [-0.4, -0.2) is 5.91 Å². The molecule has 1 amide bonds. The molecule has 110 valence electrons. The Balaban J connectivity index is 2.30. The highest BCUT2D eigenvalue weighted by molar-refractivity contribution is 6.34. The molecule has 0 bridgehead atoms. The molecule has 0 aliphatic carbocycles. The zero-order valence-corrected chi connectivity index (χ0v) is 12.9.